The SMILES string of the molecule is COc1cc(C(=O)N(C)Cc2ccccc2OC(F)(F)F)ccc1OC(C)C. The highest BCUT2D eigenvalue weighted by Gasteiger charge is 2.32. The molecule has 0 radical (unpaired) electrons. The van der Waals surface area contributed by atoms with Crippen LogP contribution in [0.4, 0.5) is 13.2 Å². The molecule has 0 aliphatic rings. The highest BCUT2D eigenvalue weighted by atomic mass is 19.4. The maximum atomic E-state index is 12.7. The second kappa shape index (κ2) is 8.86. The lowest BCUT2D eigenvalue weighted by molar-refractivity contribution is -0.275. The fourth-order valence-electron chi connectivity index (χ4n) is 2.56. The molecule has 0 atom stereocenters. The van der Waals surface area contributed by atoms with Gasteiger partial charge in [0.1, 0.15) is 5.75 Å². The molecule has 5 nitrogen and oxygen atoms in total. The molecule has 8 heteroatoms. The van der Waals surface area contributed by atoms with Crippen molar-refractivity contribution in [3.63, 3.8) is 0 Å². The molecule has 0 aliphatic heterocycles. The number of alkyl halides is 3. The Bertz CT molecular complexity index is 821. The summed E-state index contributed by atoms with van der Waals surface area (Å²) in [6.07, 6.45) is -4.87. The second-order valence-electron chi connectivity index (χ2n) is 6.35. The zero-order chi connectivity index (χ0) is 20.9. The number of nitrogens with zero attached hydrogens (tertiary/aromatic N) is 1. The monoisotopic (exact) mass is 397 g/mol. The maximum absolute atomic E-state index is 12.7. The topological polar surface area (TPSA) is 48.0 Å². The van der Waals surface area contributed by atoms with E-state index in [-0.39, 0.29) is 29.9 Å². The first-order valence-electron chi connectivity index (χ1n) is 8.54. The van der Waals surface area contributed by atoms with Crippen molar-refractivity contribution in [2.24, 2.45) is 0 Å². The minimum absolute atomic E-state index is 0.0579. The highest BCUT2D eigenvalue weighted by molar-refractivity contribution is 5.94. The summed E-state index contributed by atoms with van der Waals surface area (Å²) >= 11 is 0. The number of benzene rings is 2. The summed E-state index contributed by atoms with van der Waals surface area (Å²) in [5.74, 6) is 0.179. The van der Waals surface area contributed by atoms with E-state index in [0.29, 0.717) is 17.1 Å². The summed E-state index contributed by atoms with van der Waals surface area (Å²) in [4.78, 5) is 14.0. The van der Waals surface area contributed by atoms with Crippen LogP contribution in [0.15, 0.2) is 42.5 Å². The van der Waals surface area contributed by atoms with Crippen LogP contribution < -0.4 is 14.2 Å². The number of ether oxygens (including phenoxy) is 3. The average molecular weight is 397 g/mol. The molecule has 0 saturated carbocycles. The second-order valence-corrected chi connectivity index (χ2v) is 6.35. The number of rotatable bonds is 7. The zero-order valence-corrected chi connectivity index (χ0v) is 16.0. The number of hydrogen-bond donors (Lipinski definition) is 0. The Morgan fingerprint density at radius 1 is 1.07 bits per heavy atom. The summed E-state index contributed by atoms with van der Waals surface area (Å²) in [6.45, 7) is 3.68. The molecule has 2 aromatic carbocycles. The van der Waals surface area contributed by atoms with E-state index in [1.54, 1.807) is 18.2 Å². The number of para-hydroxylation sites is 1. The van der Waals surface area contributed by atoms with Gasteiger partial charge in [-0.25, -0.2) is 0 Å². The van der Waals surface area contributed by atoms with Crippen LogP contribution in [0.3, 0.4) is 0 Å². The fraction of sp³-hybridized carbons (Fsp3) is 0.350. The molecule has 0 aromatic heterocycles. The van der Waals surface area contributed by atoms with Gasteiger partial charge in [0, 0.05) is 24.7 Å². The molecule has 28 heavy (non-hydrogen) atoms. The Hall–Kier alpha value is -2.90. The molecule has 0 fully saturated rings. The van der Waals surface area contributed by atoms with Gasteiger partial charge < -0.3 is 19.1 Å². The molecule has 0 unspecified atom stereocenters. The molecular formula is C20H22F3NO4. The Morgan fingerprint density at radius 2 is 1.75 bits per heavy atom. The van der Waals surface area contributed by atoms with Gasteiger partial charge in [-0.15, -0.1) is 13.2 Å². The van der Waals surface area contributed by atoms with E-state index in [2.05, 4.69) is 4.74 Å². The first-order chi connectivity index (χ1) is 13.1. The summed E-state index contributed by atoms with van der Waals surface area (Å²) in [7, 11) is 2.96. The van der Waals surface area contributed by atoms with E-state index in [4.69, 9.17) is 9.47 Å². The molecule has 2 rings (SSSR count). The van der Waals surface area contributed by atoms with Gasteiger partial charge in [0.2, 0.25) is 0 Å². The molecule has 0 heterocycles. The van der Waals surface area contributed by atoms with Crippen molar-refractivity contribution in [3.05, 3.63) is 53.6 Å². The van der Waals surface area contributed by atoms with Crippen LogP contribution in [-0.4, -0.2) is 37.4 Å². The summed E-state index contributed by atoms with van der Waals surface area (Å²) < 4.78 is 52.6. The van der Waals surface area contributed by atoms with Crippen molar-refractivity contribution in [2.45, 2.75) is 32.9 Å². The maximum Gasteiger partial charge on any atom is 0.573 e. The lowest BCUT2D eigenvalue weighted by Crippen LogP contribution is -2.27. The van der Waals surface area contributed by atoms with Gasteiger partial charge >= 0.3 is 6.36 Å². The van der Waals surface area contributed by atoms with Gasteiger partial charge in [0.05, 0.1) is 13.2 Å². The Labute approximate surface area is 161 Å². The quantitative estimate of drug-likeness (QED) is 0.682. The Morgan fingerprint density at radius 3 is 2.36 bits per heavy atom. The van der Waals surface area contributed by atoms with Crippen molar-refractivity contribution in [2.75, 3.05) is 14.2 Å². The summed E-state index contributed by atoms with van der Waals surface area (Å²) in [5, 5.41) is 0. The third-order valence-electron chi connectivity index (χ3n) is 3.73. The third-order valence-corrected chi connectivity index (χ3v) is 3.73. The van der Waals surface area contributed by atoms with E-state index < -0.39 is 6.36 Å². The number of carbonyl (C=O) groups is 1. The number of hydrogen-bond acceptors (Lipinski definition) is 4. The van der Waals surface area contributed by atoms with E-state index in [0.717, 1.165) is 0 Å². The summed E-state index contributed by atoms with van der Waals surface area (Å²) in [5.41, 5.74) is 0.562. The zero-order valence-electron chi connectivity index (χ0n) is 16.0. The van der Waals surface area contributed by atoms with E-state index in [1.807, 2.05) is 13.8 Å². The van der Waals surface area contributed by atoms with Gasteiger partial charge in [-0.05, 0) is 38.1 Å². The molecule has 1 amide bonds. The van der Waals surface area contributed by atoms with Gasteiger partial charge in [0.25, 0.3) is 5.91 Å². The van der Waals surface area contributed by atoms with Crippen LogP contribution >= 0.6 is 0 Å². The molecule has 0 N–H and O–H groups in total. The van der Waals surface area contributed by atoms with Crippen LogP contribution in [0.1, 0.15) is 29.8 Å². The molecule has 2 aromatic rings. The minimum Gasteiger partial charge on any atom is -0.493 e. The molecular weight excluding hydrogens is 375 g/mol. The predicted molar refractivity (Wildman–Crippen MR) is 97.7 cm³/mol. The predicted octanol–water partition coefficient (Wildman–Crippen LogP) is 4.65. The lowest BCUT2D eigenvalue weighted by Gasteiger charge is -2.21. The third kappa shape index (κ3) is 5.80. The average Bonchev–Trinajstić information content (AvgIpc) is 2.61. The summed E-state index contributed by atoms with van der Waals surface area (Å²) in [6, 6.07) is 10.4. The molecule has 0 aliphatic carbocycles. The minimum atomic E-state index is -4.81. The normalized spacial score (nSPS) is 11.3. The van der Waals surface area contributed by atoms with Crippen molar-refractivity contribution < 1.29 is 32.2 Å². The first-order valence-corrected chi connectivity index (χ1v) is 8.54. The number of carbonyl (C=O) groups excluding carboxylic acids is 1. The fourth-order valence-corrected chi connectivity index (χ4v) is 2.56. The Kier molecular flexibility index (Phi) is 6.77. The van der Waals surface area contributed by atoms with Crippen LogP contribution in [0, 0.1) is 0 Å². The molecule has 0 bridgehead atoms. The van der Waals surface area contributed by atoms with Crippen molar-refractivity contribution >= 4 is 5.91 Å². The smallest absolute Gasteiger partial charge is 0.493 e. The molecule has 152 valence electrons. The largest absolute Gasteiger partial charge is 0.573 e. The van der Waals surface area contributed by atoms with E-state index >= 15 is 0 Å². The van der Waals surface area contributed by atoms with Crippen molar-refractivity contribution in [1.29, 1.82) is 0 Å². The van der Waals surface area contributed by atoms with Crippen LogP contribution in [0.5, 0.6) is 17.2 Å². The van der Waals surface area contributed by atoms with Gasteiger partial charge in [-0.3, -0.25) is 4.79 Å². The number of methoxy groups -OCH3 is 1. The van der Waals surface area contributed by atoms with Crippen LogP contribution in [-0.2, 0) is 6.54 Å². The van der Waals surface area contributed by atoms with Crippen LogP contribution in [0.2, 0.25) is 0 Å². The standard InChI is InChI=1S/C20H22F3NO4/c1-13(2)27-17-10-9-14(11-18(17)26-4)19(25)24(3)12-15-7-5-6-8-16(15)28-20(21,22)23/h5-11,13H,12H2,1-4H3. The van der Waals surface area contributed by atoms with Gasteiger partial charge in [-0.1, -0.05) is 18.2 Å². The number of amides is 1. The van der Waals surface area contributed by atoms with Crippen LogP contribution in [0.25, 0.3) is 0 Å². The van der Waals surface area contributed by atoms with Crippen molar-refractivity contribution in [3.8, 4) is 17.2 Å². The van der Waals surface area contributed by atoms with E-state index in [9.17, 15) is 18.0 Å². The lowest BCUT2D eigenvalue weighted by atomic mass is 10.1. The molecule has 0 spiro atoms. The van der Waals surface area contributed by atoms with Gasteiger partial charge in [-0.2, -0.15) is 0 Å². The van der Waals surface area contributed by atoms with E-state index in [1.165, 1.54) is 43.3 Å². The van der Waals surface area contributed by atoms with Gasteiger partial charge in [0.15, 0.2) is 11.5 Å². The Balaban J connectivity index is 2.20. The van der Waals surface area contributed by atoms with Crippen molar-refractivity contribution in [1.82, 2.24) is 4.90 Å². The number of halogens is 3. The highest BCUT2D eigenvalue weighted by Crippen LogP contribution is 2.30. The first kappa shape index (κ1) is 21.4. The molecule has 0 saturated heterocycles.